The van der Waals surface area contributed by atoms with Crippen molar-refractivity contribution in [3.05, 3.63) is 35.9 Å². The predicted octanol–water partition coefficient (Wildman–Crippen LogP) is 3.95. The molecule has 25 heavy (non-hydrogen) atoms. The molecule has 1 aromatic rings. The van der Waals surface area contributed by atoms with Crippen LogP contribution in [0.3, 0.4) is 0 Å². The molecular formula is C20H29NO4. The summed E-state index contributed by atoms with van der Waals surface area (Å²) < 4.78 is 10.6. The minimum atomic E-state index is -0.911. The van der Waals surface area contributed by atoms with E-state index in [0.717, 1.165) is 19.3 Å². The minimum Gasteiger partial charge on any atom is -0.467 e. The van der Waals surface area contributed by atoms with Gasteiger partial charge in [0.2, 0.25) is 0 Å². The van der Waals surface area contributed by atoms with Crippen molar-refractivity contribution in [1.82, 2.24) is 4.90 Å². The van der Waals surface area contributed by atoms with Crippen LogP contribution in [0.4, 0.5) is 4.79 Å². The second-order valence-corrected chi connectivity index (χ2v) is 7.60. The normalized spacial score (nSPS) is 20.4. The fraction of sp³-hybridized carbons (Fsp3) is 0.600. The average molecular weight is 347 g/mol. The van der Waals surface area contributed by atoms with Gasteiger partial charge in [0.1, 0.15) is 11.1 Å². The second-order valence-electron chi connectivity index (χ2n) is 7.60. The molecule has 1 saturated heterocycles. The van der Waals surface area contributed by atoms with E-state index < -0.39 is 17.2 Å². The number of aryl methyl sites for hydroxylation is 1. The molecule has 1 amide bonds. The first-order chi connectivity index (χ1) is 11.8. The molecule has 1 aliphatic heterocycles. The van der Waals surface area contributed by atoms with E-state index in [0.29, 0.717) is 19.4 Å². The minimum absolute atomic E-state index is 0.344. The number of hydrogen-bond donors (Lipinski definition) is 0. The van der Waals surface area contributed by atoms with E-state index >= 15 is 0 Å². The molecule has 5 nitrogen and oxygen atoms in total. The van der Waals surface area contributed by atoms with Gasteiger partial charge in [-0.25, -0.2) is 9.59 Å². The number of benzene rings is 1. The molecule has 0 radical (unpaired) electrons. The molecule has 0 bridgehead atoms. The van der Waals surface area contributed by atoms with Gasteiger partial charge in [0.25, 0.3) is 0 Å². The van der Waals surface area contributed by atoms with Crippen molar-refractivity contribution in [3.63, 3.8) is 0 Å². The summed E-state index contributed by atoms with van der Waals surface area (Å²) in [5, 5.41) is 0. The number of likely N-dealkylation sites (tertiary alicyclic amines) is 1. The fourth-order valence-corrected chi connectivity index (χ4v) is 3.46. The van der Waals surface area contributed by atoms with E-state index in [4.69, 9.17) is 9.47 Å². The Labute approximate surface area is 150 Å². The molecule has 0 aliphatic carbocycles. The molecule has 1 aliphatic rings. The zero-order valence-electron chi connectivity index (χ0n) is 15.7. The van der Waals surface area contributed by atoms with Gasteiger partial charge in [-0.15, -0.1) is 0 Å². The third-order valence-electron chi connectivity index (χ3n) is 4.57. The Morgan fingerprint density at radius 1 is 1.20 bits per heavy atom. The maximum Gasteiger partial charge on any atom is 0.411 e. The van der Waals surface area contributed by atoms with Crippen molar-refractivity contribution in [2.24, 2.45) is 0 Å². The van der Waals surface area contributed by atoms with Crippen molar-refractivity contribution in [1.29, 1.82) is 0 Å². The predicted molar refractivity (Wildman–Crippen MR) is 96.3 cm³/mol. The number of methoxy groups -OCH3 is 1. The van der Waals surface area contributed by atoms with Gasteiger partial charge in [-0.2, -0.15) is 0 Å². The Morgan fingerprint density at radius 2 is 1.88 bits per heavy atom. The van der Waals surface area contributed by atoms with Gasteiger partial charge < -0.3 is 9.47 Å². The summed E-state index contributed by atoms with van der Waals surface area (Å²) in [6.45, 7) is 6.01. The Morgan fingerprint density at radius 3 is 2.48 bits per heavy atom. The highest BCUT2D eigenvalue weighted by atomic mass is 16.6. The first-order valence-corrected chi connectivity index (χ1v) is 8.91. The largest absolute Gasteiger partial charge is 0.467 e. The third kappa shape index (κ3) is 4.74. The van der Waals surface area contributed by atoms with Gasteiger partial charge in [0, 0.05) is 6.54 Å². The molecule has 138 valence electrons. The number of esters is 1. The lowest BCUT2D eigenvalue weighted by atomic mass is 9.89. The van der Waals surface area contributed by atoms with Crippen LogP contribution in [0.1, 0.15) is 52.0 Å². The van der Waals surface area contributed by atoms with Gasteiger partial charge in [-0.05, 0) is 58.4 Å². The highest BCUT2D eigenvalue weighted by Crippen LogP contribution is 2.36. The van der Waals surface area contributed by atoms with Crippen molar-refractivity contribution < 1.29 is 19.1 Å². The molecule has 1 atom stereocenters. The van der Waals surface area contributed by atoms with Gasteiger partial charge in [0.05, 0.1) is 7.11 Å². The fourth-order valence-electron chi connectivity index (χ4n) is 3.46. The van der Waals surface area contributed by atoms with Crippen LogP contribution in [-0.4, -0.2) is 41.8 Å². The number of nitrogens with zero attached hydrogens (tertiary/aromatic N) is 1. The van der Waals surface area contributed by atoms with Crippen LogP contribution >= 0.6 is 0 Å². The molecule has 2 rings (SSSR count). The Kier molecular flexibility index (Phi) is 6.09. The number of hydrogen-bond acceptors (Lipinski definition) is 4. The molecule has 1 heterocycles. The summed E-state index contributed by atoms with van der Waals surface area (Å²) in [5.74, 6) is -0.344. The SMILES string of the molecule is COC(=O)C1(CCCc2ccccc2)CCCN1C(=O)OC(C)(C)C. The quantitative estimate of drug-likeness (QED) is 0.757. The van der Waals surface area contributed by atoms with Crippen LogP contribution in [-0.2, 0) is 20.7 Å². The van der Waals surface area contributed by atoms with Crippen LogP contribution in [0, 0.1) is 0 Å². The van der Waals surface area contributed by atoms with E-state index in [-0.39, 0.29) is 5.97 Å². The zero-order chi connectivity index (χ0) is 18.5. The van der Waals surface area contributed by atoms with E-state index in [1.165, 1.54) is 12.7 Å². The van der Waals surface area contributed by atoms with E-state index in [1.54, 1.807) is 4.90 Å². The summed E-state index contributed by atoms with van der Waals surface area (Å²) in [5.41, 5.74) is -0.276. The first-order valence-electron chi connectivity index (χ1n) is 8.91. The lowest BCUT2D eigenvalue weighted by Gasteiger charge is -2.37. The lowest BCUT2D eigenvalue weighted by Crippen LogP contribution is -2.54. The van der Waals surface area contributed by atoms with Crippen LogP contribution < -0.4 is 0 Å². The number of carbonyl (C=O) groups excluding carboxylic acids is 2. The molecule has 0 spiro atoms. The lowest BCUT2D eigenvalue weighted by molar-refractivity contribution is -0.153. The second kappa shape index (κ2) is 7.89. The van der Waals surface area contributed by atoms with Crippen LogP contribution in [0.5, 0.6) is 0 Å². The number of ether oxygens (including phenoxy) is 2. The maximum atomic E-state index is 12.6. The van der Waals surface area contributed by atoms with E-state index in [9.17, 15) is 9.59 Å². The molecule has 0 aromatic heterocycles. The maximum absolute atomic E-state index is 12.6. The molecular weight excluding hydrogens is 318 g/mol. The topological polar surface area (TPSA) is 55.8 Å². The molecule has 0 saturated carbocycles. The molecule has 5 heteroatoms. The van der Waals surface area contributed by atoms with Crippen LogP contribution in [0.15, 0.2) is 30.3 Å². The number of carbonyl (C=O) groups is 2. The summed E-state index contributed by atoms with van der Waals surface area (Å²) in [6.07, 6.45) is 3.21. The Hall–Kier alpha value is -2.04. The summed E-state index contributed by atoms with van der Waals surface area (Å²) in [4.78, 5) is 26.8. The summed E-state index contributed by atoms with van der Waals surface area (Å²) >= 11 is 0. The van der Waals surface area contributed by atoms with Gasteiger partial charge in [-0.3, -0.25) is 4.90 Å². The van der Waals surface area contributed by atoms with E-state index in [1.807, 2.05) is 39.0 Å². The molecule has 1 fully saturated rings. The summed E-state index contributed by atoms with van der Waals surface area (Å²) in [6, 6.07) is 10.2. The molecule has 1 unspecified atom stereocenters. The Bertz CT molecular complexity index is 593. The zero-order valence-corrected chi connectivity index (χ0v) is 15.7. The monoisotopic (exact) mass is 347 g/mol. The van der Waals surface area contributed by atoms with Crippen molar-refractivity contribution in [2.45, 2.75) is 64.0 Å². The van der Waals surface area contributed by atoms with Gasteiger partial charge in [0.15, 0.2) is 0 Å². The van der Waals surface area contributed by atoms with Crippen LogP contribution in [0.25, 0.3) is 0 Å². The standard InChI is InChI=1S/C20H29NO4/c1-19(2,3)25-18(23)21-15-9-14-20(21,17(22)24-4)13-8-12-16-10-6-5-7-11-16/h5-7,10-11H,8-9,12-15H2,1-4H3. The average Bonchev–Trinajstić information content (AvgIpc) is 2.99. The molecule has 1 aromatic carbocycles. The third-order valence-corrected chi connectivity index (χ3v) is 4.57. The van der Waals surface area contributed by atoms with Gasteiger partial charge in [-0.1, -0.05) is 30.3 Å². The highest BCUT2D eigenvalue weighted by molar-refractivity contribution is 5.86. The molecule has 0 N–H and O–H groups in total. The van der Waals surface area contributed by atoms with E-state index in [2.05, 4.69) is 12.1 Å². The van der Waals surface area contributed by atoms with Crippen LogP contribution in [0.2, 0.25) is 0 Å². The summed E-state index contributed by atoms with van der Waals surface area (Å²) in [7, 11) is 1.38. The van der Waals surface area contributed by atoms with Gasteiger partial charge >= 0.3 is 12.1 Å². The van der Waals surface area contributed by atoms with Crippen molar-refractivity contribution >= 4 is 12.1 Å². The Balaban J connectivity index is 2.12. The number of amides is 1. The highest BCUT2D eigenvalue weighted by Gasteiger charge is 2.51. The van der Waals surface area contributed by atoms with Crippen molar-refractivity contribution in [2.75, 3.05) is 13.7 Å². The smallest absolute Gasteiger partial charge is 0.411 e. The number of rotatable bonds is 5. The first kappa shape index (κ1) is 19.3. The van der Waals surface area contributed by atoms with Crippen molar-refractivity contribution in [3.8, 4) is 0 Å².